The molecule has 170 valence electrons. The molecule has 0 heterocycles. The first-order valence-corrected chi connectivity index (χ1v) is 9.85. The van der Waals surface area contributed by atoms with Gasteiger partial charge in [-0.05, 0) is 34.0 Å². The standard InChI is InChI=1S/C14H10O4.C12H8O4/c15-13(16)11-8-4-7-10(12(11)14(17)18)9-5-2-1-3-6-9;13-11(14)9-6-5-7-3-1-2-4-8(7)10(9)12(15)16/h1-8H,(H,15,16)(H,17,18);1-6H,(H,13,14)(H,15,16). The van der Waals surface area contributed by atoms with E-state index in [1.54, 1.807) is 60.7 Å². The zero-order valence-corrected chi connectivity index (χ0v) is 17.5. The van der Waals surface area contributed by atoms with E-state index in [9.17, 15) is 24.3 Å². The van der Waals surface area contributed by atoms with Gasteiger partial charge < -0.3 is 20.4 Å². The lowest BCUT2D eigenvalue weighted by atomic mass is 9.95. The molecule has 0 aliphatic heterocycles. The molecule has 0 unspecified atom stereocenters. The number of hydrogen-bond donors (Lipinski definition) is 4. The number of carboxylic acid groups (broad SMARTS) is 4. The second-order valence-corrected chi connectivity index (χ2v) is 7.02. The summed E-state index contributed by atoms with van der Waals surface area (Å²) in [4.78, 5) is 44.3. The maximum atomic E-state index is 11.3. The van der Waals surface area contributed by atoms with E-state index in [2.05, 4.69) is 0 Å². The van der Waals surface area contributed by atoms with E-state index < -0.39 is 23.9 Å². The van der Waals surface area contributed by atoms with E-state index in [1.165, 1.54) is 18.2 Å². The Labute approximate surface area is 193 Å². The summed E-state index contributed by atoms with van der Waals surface area (Å²) in [6.07, 6.45) is 0. The molecule has 0 bridgehead atoms. The van der Waals surface area contributed by atoms with Crippen LogP contribution in [0.3, 0.4) is 0 Å². The molecule has 0 atom stereocenters. The predicted octanol–water partition coefficient (Wildman–Crippen LogP) is 4.99. The Kier molecular flexibility index (Phi) is 7.03. The van der Waals surface area contributed by atoms with E-state index in [4.69, 9.17) is 15.3 Å². The predicted molar refractivity (Wildman–Crippen MR) is 124 cm³/mol. The van der Waals surface area contributed by atoms with Crippen molar-refractivity contribution in [2.24, 2.45) is 0 Å². The molecule has 0 fully saturated rings. The summed E-state index contributed by atoms with van der Waals surface area (Å²) >= 11 is 0. The monoisotopic (exact) mass is 458 g/mol. The maximum Gasteiger partial charge on any atom is 0.337 e. The maximum absolute atomic E-state index is 11.3. The normalized spacial score (nSPS) is 10.1. The van der Waals surface area contributed by atoms with Gasteiger partial charge in [-0.15, -0.1) is 0 Å². The topological polar surface area (TPSA) is 149 Å². The fourth-order valence-electron chi connectivity index (χ4n) is 3.50. The second-order valence-electron chi connectivity index (χ2n) is 7.02. The number of aromatic carboxylic acids is 4. The van der Waals surface area contributed by atoms with Crippen LogP contribution < -0.4 is 0 Å². The third-order valence-corrected chi connectivity index (χ3v) is 4.97. The van der Waals surface area contributed by atoms with Gasteiger partial charge in [0.15, 0.2) is 0 Å². The number of rotatable bonds is 5. The SMILES string of the molecule is O=C(O)c1ccc2ccccc2c1C(=O)O.O=C(O)c1cccc(-c2ccccc2)c1C(=O)O. The first kappa shape index (κ1) is 23.7. The Morgan fingerprint density at radius 1 is 0.471 bits per heavy atom. The van der Waals surface area contributed by atoms with Crippen LogP contribution in [0.4, 0.5) is 0 Å². The Morgan fingerprint density at radius 3 is 1.62 bits per heavy atom. The molecule has 34 heavy (non-hydrogen) atoms. The summed E-state index contributed by atoms with van der Waals surface area (Å²) in [5.41, 5.74) is 0.345. The van der Waals surface area contributed by atoms with Gasteiger partial charge in [0.25, 0.3) is 0 Å². The van der Waals surface area contributed by atoms with Crippen molar-refractivity contribution in [3.8, 4) is 11.1 Å². The van der Waals surface area contributed by atoms with E-state index in [0.29, 0.717) is 21.9 Å². The molecule has 0 aromatic heterocycles. The van der Waals surface area contributed by atoms with Gasteiger partial charge >= 0.3 is 23.9 Å². The zero-order valence-electron chi connectivity index (χ0n) is 17.5. The number of benzene rings is 4. The van der Waals surface area contributed by atoms with Crippen LogP contribution >= 0.6 is 0 Å². The first-order valence-electron chi connectivity index (χ1n) is 9.85. The van der Waals surface area contributed by atoms with Crippen LogP contribution in [0.5, 0.6) is 0 Å². The Morgan fingerprint density at radius 2 is 1.03 bits per heavy atom. The van der Waals surface area contributed by atoms with Crippen molar-refractivity contribution in [3.05, 3.63) is 107 Å². The molecular formula is C26H18O8. The molecule has 0 aliphatic rings. The summed E-state index contributed by atoms with van der Waals surface area (Å²) in [6.45, 7) is 0. The van der Waals surface area contributed by atoms with Crippen molar-refractivity contribution in [1.82, 2.24) is 0 Å². The Bertz CT molecular complexity index is 1410. The van der Waals surface area contributed by atoms with Gasteiger partial charge in [-0.1, -0.05) is 72.8 Å². The van der Waals surface area contributed by atoms with Gasteiger partial charge in [-0.3, -0.25) is 0 Å². The summed E-state index contributed by atoms with van der Waals surface area (Å²) in [7, 11) is 0. The minimum Gasteiger partial charge on any atom is -0.478 e. The van der Waals surface area contributed by atoms with Gasteiger partial charge in [0.05, 0.1) is 22.3 Å². The first-order chi connectivity index (χ1) is 16.2. The van der Waals surface area contributed by atoms with Gasteiger partial charge in [0.2, 0.25) is 0 Å². The lowest BCUT2D eigenvalue weighted by Crippen LogP contribution is -2.09. The highest BCUT2D eigenvalue weighted by Gasteiger charge is 2.20. The number of fused-ring (bicyclic) bond motifs is 1. The highest BCUT2D eigenvalue weighted by atomic mass is 16.4. The van der Waals surface area contributed by atoms with Crippen LogP contribution in [-0.2, 0) is 0 Å². The Balaban J connectivity index is 0.000000192. The second kappa shape index (κ2) is 10.1. The number of carboxylic acids is 4. The highest BCUT2D eigenvalue weighted by Crippen LogP contribution is 2.26. The van der Waals surface area contributed by atoms with Crippen LogP contribution in [0.25, 0.3) is 21.9 Å². The highest BCUT2D eigenvalue weighted by molar-refractivity contribution is 6.11. The molecular weight excluding hydrogens is 440 g/mol. The number of hydrogen-bond acceptors (Lipinski definition) is 4. The lowest BCUT2D eigenvalue weighted by molar-refractivity contribution is 0.0652. The van der Waals surface area contributed by atoms with Crippen LogP contribution in [0, 0.1) is 0 Å². The molecule has 8 heteroatoms. The molecule has 0 amide bonds. The minimum atomic E-state index is -1.25. The third kappa shape index (κ3) is 4.91. The molecule has 0 spiro atoms. The molecule has 0 saturated heterocycles. The fraction of sp³-hybridized carbons (Fsp3) is 0. The van der Waals surface area contributed by atoms with Crippen molar-refractivity contribution in [2.45, 2.75) is 0 Å². The molecule has 0 aliphatic carbocycles. The van der Waals surface area contributed by atoms with Crippen molar-refractivity contribution in [1.29, 1.82) is 0 Å². The van der Waals surface area contributed by atoms with E-state index in [0.717, 1.165) is 0 Å². The smallest absolute Gasteiger partial charge is 0.337 e. The number of carbonyl (C=O) groups is 4. The quantitative estimate of drug-likeness (QED) is 0.327. The summed E-state index contributed by atoms with van der Waals surface area (Å²) in [5, 5.41) is 37.3. The molecule has 4 N–H and O–H groups in total. The summed E-state index contributed by atoms with van der Waals surface area (Å²) in [6, 6.07) is 23.0. The van der Waals surface area contributed by atoms with E-state index in [-0.39, 0.29) is 22.3 Å². The molecule has 0 radical (unpaired) electrons. The molecule has 4 rings (SSSR count). The minimum absolute atomic E-state index is 0.161. The van der Waals surface area contributed by atoms with Crippen LogP contribution in [0.1, 0.15) is 41.4 Å². The summed E-state index contributed by atoms with van der Waals surface area (Å²) in [5.74, 6) is -4.95. The largest absolute Gasteiger partial charge is 0.478 e. The average molecular weight is 458 g/mol. The fourth-order valence-corrected chi connectivity index (χ4v) is 3.50. The molecule has 4 aromatic carbocycles. The average Bonchev–Trinajstić information content (AvgIpc) is 2.83. The molecule has 0 saturated carbocycles. The van der Waals surface area contributed by atoms with Crippen LogP contribution in [-0.4, -0.2) is 44.3 Å². The summed E-state index contributed by atoms with van der Waals surface area (Å²) < 4.78 is 0. The van der Waals surface area contributed by atoms with Crippen molar-refractivity contribution >= 4 is 34.6 Å². The van der Waals surface area contributed by atoms with Crippen LogP contribution in [0.2, 0.25) is 0 Å². The van der Waals surface area contributed by atoms with Gasteiger partial charge in [0.1, 0.15) is 0 Å². The van der Waals surface area contributed by atoms with Crippen molar-refractivity contribution < 1.29 is 39.6 Å². The van der Waals surface area contributed by atoms with Gasteiger partial charge in [0, 0.05) is 0 Å². The van der Waals surface area contributed by atoms with Crippen molar-refractivity contribution in [2.75, 3.05) is 0 Å². The van der Waals surface area contributed by atoms with E-state index >= 15 is 0 Å². The van der Waals surface area contributed by atoms with Gasteiger partial charge in [-0.2, -0.15) is 0 Å². The van der Waals surface area contributed by atoms with Gasteiger partial charge in [-0.25, -0.2) is 19.2 Å². The molecule has 4 aromatic rings. The van der Waals surface area contributed by atoms with E-state index in [1.807, 2.05) is 6.07 Å². The van der Waals surface area contributed by atoms with Crippen LogP contribution in [0.15, 0.2) is 84.9 Å². The lowest BCUT2D eigenvalue weighted by Gasteiger charge is -2.08. The molecule has 8 nitrogen and oxygen atoms in total. The Hall–Kier alpha value is -4.98. The van der Waals surface area contributed by atoms with Crippen molar-refractivity contribution in [3.63, 3.8) is 0 Å². The third-order valence-electron chi connectivity index (χ3n) is 4.97. The zero-order chi connectivity index (χ0) is 24.8.